The van der Waals surface area contributed by atoms with Gasteiger partial charge in [0.1, 0.15) is 5.75 Å². The van der Waals surface area contributed by atoms with E-state index in [4.69, 9.17) is 15.9 Å². The average molecular weight is 250 g/mol. The fourth-order valence-corrected chi connectivity index (χ4v) is 1.28. The van der Waals surface area contributed by atoms with E-state index in [0.29, 0.717) is 18.7 Å². The molecule has 4 N–H and O–H groups in total. The molecular weight excluding hydrogens is 232 g/mol. The lowest BCUT2D eigenvalue weighted by Gasteiger charge is -2.17. The van der Waals surface area contributed by atoms with Gasteiger partial charge in [-0.25, -0.2) is 4.79 Å². The summed E-state index contributed by atoms with van der Waals surface area (Å²) in [4.78, 5) is 13.2. The van der Waals surface area contributed by atoms with Crippen LogP contribution in [0.3, 0.4) is 0 Å². The van der Waals surface area contributed by atoms with Crippen molar-refractivity contribution in [1.82, 2.24) is 4.90 Å². The maximum absolute atomic E-state index is 11.8. The zero-order valence-corrected chi connectivity index (χ0v) is 10.6. The number of carbonyl (C=O) groups excluding carboxylic acids is 1. The zero-order chi connectivity index (χ0) is 13.5. The highest BCUT2D eigenvalue weighted by Gasteiger charge is 2.08. The van der Waals surface area contributed by atoms with Crippen LogP contribution >= 0.6 is 0 Å². The molecule has 0 unspecified atom stereocenters. The summed E-state index contributed by atoms with van der Waals surface area (Å²) in [5, 5.41) is 9.84. The number of urea groups is 1. The standard InChI is InChI=1S/C12H18N4O2/c1-16(8-7-11(13)14)12(17)15-9-3-5-10(18-2)6-4-9/h3-6H,7-8H2,1-2H3,(H3,13,14)(H,15,17). The normalized spacial score (nSPS) is 9.67. The van der Waals surface area contributed by atoms with E-state index in [2.05, 4.69) is 5.32 Å². The van der Waals surface area contributed by atoms with Gasteiger partial charge in [0.2, 0.25) is 0 Å². The number of hydrogen-bond acceptors (Lipinski definition) is 3. The van der Waals surface area contributed by atoms with Crippen LogP contribution in [0.15, 0.2) is 24.3 Å². The van der Waals surface area contributed by atoms with Crippen LogP contribution in [-0.4, -0.2) is 37.5 Å². The monoisotopic (exact) mass is 250 g/mol. The Morgan fingerprint density at radius 3 is 2.56 bits per heavy atom. The zero-order valence-electron chi connectivity index (χ0n) is 10.6. The molecule has 0 saturated carbocycles. The largest absolute Gasteiger partial charge is 0.497 e. The summed E-state index contributed by atoms with van der Waals surface area (Å²) in [6.07, 6.45) is 0.368. The lowest BCUT2D eigenvalue weighted by Crippen LogP contribution is -2.33. The first-order chi connectivity index (χ1) is 8.52. The fraction of sp³-hybridized carbons (Fsp3) is 0.333. The Balaban J connectivity index is 2.49. The predicted octanol–water partition coefficient (Wildman–Crippen LogP) is 1.48. The van der Waals surface area contributed by atoms with Crippen molar-refractivity contribution >= 4 is 17.6 Å². The molecule has 0 aromatic heterocycles. The Kier molecular flexibility index (Phi) is 4.98. The topological polar surface area (TPSA) is 91.4 Å². The number of hydrogen-bond donors (Lipinski definition) is 3. The van der Waals surface area contributed by atoms with Crippen molar-refractivity contribution in [3.63, 3.8) is 0 Å². The smallest absolute Gasteiger partial charge is 0.321 e. The molecule has 1 aromatic carbocycles. The Bertz CT molecular complexity index is 417. The highest BCUT2D eigenvalue weighted by molar-refractivity contribution is 5.89. The highest BCUT2D eigenvalue weighted by Crippen LogP contribution is 2.15. The molecule has 18 heavy (non-hydrogen) atoms. The van der Waals surface area contributed by atoms with Gasteiger partial charge in [-0.1, -0.05) is 0 Å². The summed E-state index contributed by atoms with van der Waals surface area (Å²) in [6, 6.07) is 6.82. The average Bonchev–Trinajstić information content (AvgIpc) is 2.36. The first kappa shape index (κ1) is 13.8. The summed E-state index contributed by atoms with van der Waals surface area (Å²) >= 11 is 0. The maximum atomic E-state index is 11.8. The summed E-state index contributed by atoms with van der Waals surface area (Å²) in [5.74, 6) is 0.803. The second-order valence-electron chi connectivity index (χ2n) is 3.86. The third kappa shape index (κ3) is 4.32. The van der Waals surface area contributed by atoms with E-state index < -0.39 is 0 Å². The number of benzene rings is 1. The minimum Gasteiger partial charge on any atom is -0.497 e. The van der Waals surface area contributed by atoms with Crippen molar-refractivity contribution in [3.05, 3.63) is 24.3 Å². The van der Waals surface area contributed by atoms with Crippen LogP contribution < -0.4 is 15.8 Å². The molecule has 0 atom stereocenters. The summed E-state index contributed by atoms with van der Waals surface area (Å²) in [7, 11) is 3.24. The molecule has 0 spiro atoms. The van der Waals surface area contributed by atoms with E-state index >= 15 is 0 Å². The third-order valence-corrected chi connectivity index (χ3v) is 2.40. The van der Waals surface area contributed by atoms with E-state index in [-0.39, 0.29) is 11.9 Å². The van der Waals surface area contributed by atoms with Gasteiger partial charge in [-0.15, -0.1) is 0 Å². The summed E-state index contributed by atoms with van der Waals surface area (Å²) in [6.45, 7) is 0.414. The second kappa shape index (κ2) is 6.48. The lowest BCUT2D eigenvalue weighted by molar-refractivity contribution is 0.223. The van der Waals surface area contributed by atoms with Crippen LogP contribution in [-0.2, 0) is 0 Å². The van der Waals surface area contributed by atoms with Crippen molar-refractivity contribution in [2.45, 2.75) is 6.42 Å². The van der Waals surface area contributed by atoms with Crippen molar-refractivity contribution in [2.24, 2.45) is 5.73 Å². The van der Waals surface area contributed by atoms with Crippen molar-refractivity contribution in [3.8, 4) is 5.75 Å². The fourth-order valence-electron chi connectivity index (χ4n) is 1.28. The molecule has 0 saturated heterocycles. The van der Waals surface area contributed by atoms with Gasteiger partial charge in [0, 0.05) is 25.7 Å². The molecular formula is C12H18N4O2. The van der Waals surface area contributed by atoms with Crippen LogP contribution in [0.25, 0.3) is 0 Å². The molecule has 0 aliphatic carbocycles. The SMILES string of the molecule is COc1ccc(NC(=O)N(C)CCC(=N)N)cc1. The first-order valence-corrected chi connectivity index (χ1v) is 5.52. The molecule has 6 nitrogen and oxygen atoms in total. The van der Waals surface area contributed by atoms with E-state index in [1.165, 1.54) is 4.90 Å². The van der Waals surface area contributed by atoms with Gasteiger partial charge in [-0.05, 0) is 24.3 Å². The number of methoxy groups -OCH3 is 1. The van der Waals surface area contributed by atoms with Gasteiger partial charge in [0.25, 0.3) is 0 Å². The Labute approximate surface area is 106 Å². The van der Waals surface area contributed by atoms with Crippen molar-refractivity contribution in [2.75, 3.05) is 26.0 Å². The number of nitrogens with two attached hydrogens (primary N) is 1. The Morgan fingerprint density at radius 2 is 2.06 bits per heavy atom. The number of amides is 2. The molecule has 6 heteroatoms. The van der Waals surface area contributed by atoms with Crippen LogP contribution in [0.2, 0.25) is 0 Å². The van der Waals surface area contributed by atoms with Crippen molar-refractivity contribution in [1.29, 1.82) is 5.41 Å². The summed E-state index contributed by atoms with van der Waals surface area (Å²) in [5.41, 5.74) is 5.93. The molecule has 98 valence electrons. The number of carbonyl (C=O) groups is 1. The van der Waals surface area contributed by atoms with Crippen LogP contribution in [0, 0.1) is 5.41 Å². The molecule has 0 bridgehead atoms. The quantitative estimate of drug-likeness (QED) is 0.546. The van der Waals surface area contributed by atoms with Crippen molar-refractivity contribution < 1.29 is 9.53 Å². The number of anilines is 1. The number of nitrogens with one attached hydrogen (secondary N) is 2. The van der Waals surface area contributed by atoms with Gasteiger partial charge in [0.15, 0.2) is 0 Å². The van der Waals surface area contributed by atoms with E-state index in [1.807, 2.05) is 0 Å². The number of nitrogens with zero attached hydrogens (tertiary/aromatic N) is 1. The van der Waals surface area contributed by atoms with Gasteiger partial charge >= 0.3 is 6.03 Å². The summed E-state index contributed by atoms with van der Waals surface area (Å²) < 4.78 is 5.03. The minimum absolute atomic E-state index is 0.0686. The van der Waals surface area contributed by atoms with Crippen LogP contribution in [0.4, 0.5) is 10.5 Å². The Morgan fingerprint density at radius 1 is 1.44 bits per heavy atom. The molecule has 1 aromatic rings. The molecule has 0 aliphatic heterocycles. The Hall–Kier alpha value is -2.24. The molecule has 2 amide bonds. The van der Waals surface area contributed by atoms with Gasteiger partial charge < -0.3 is 20.7 Å². The van der Waals surface area contributed by atoms with E-state index in [1.54, 1.807) is 38.4 Å². The lowest BCUT2D eigenvalue weighted by atomic mass is 10.3. The first-order valence-electron chi connectivity index (χ1n) is 5.52. The third-order valence-electron chi connectivity index (χ3n) is 2.40. The predicted molar refractivity (Wildman–Crippen MR) is 71.2 cm³/mol. The number of rotatable bonds is 5. The molecule has 0 radical (unpaired) electrons. The highest BCUT2D eigenvalue weighted by atomic mass is 16.5. The number of amidine groups is 1. The minimum atomic E-state index is -0.235. The second-order valence-corrected chi connectivity index (χ2v) is 3.86. The van der Waals surface area contributed by atoms with Crippen LogP contribution in [0.5, 0.6) is 5.75 Å². The van der Waals surface area contributed by atoms with Gasteiger partial charge in [0.05, 0.1) is 12.9 Å². The van der Waals surface area contributed by atoms with Gasteiger partial charge in [-0.2, -0.15) is 0 Å². The molecule has 0 heterocycles. The van der Waals surface area contributed by atoms with Crippen LogP contribution in [0.1, 0.15) is 6.42 Å². The van der Waals surface area contributed by atoms with E-state index in [0.717, 1.165) is 5.75 Å². The molecule has 0 fully saturated rings. The molecule has 1 rings (SSSR count). The number of ether oxygens (including phenoxy) is 1. The molecule has 0 aliphatic rings. The van der Waals surface area contributed by atoms with E-state index in [9.17, 15) is 4.79 Å². The maximum Gasteiger partial charge on any atom is 0.321 e. The van der Waals surface area contributed by atoms with Gasteiger partial charge in [-0.3, -0.25) is 5.41 Å².